The summed E-state index contributed by atoms with van der Waals surface area (Å²) in [6.07, 6.45) is 7.65. The van der Waals surface area contributed by atoms with Gasteiger partial charge in [-0.15, -0.1) is 17.9 Å². The van der Waals surface area contributed by atoms with E-state index in [1.165, 1.54) is 23.4 Å². The first-order chi connectivity index (χ1) is 13.7. The number of anilines is 1. The van der Waals surface area contributed by atoms with Crippen molar-refractivity contribution in [3.63, 3.8) is 0 Å². The summed E-state index contributed by atoms with van der Waals surface area (Å²) in [4.78, 5) is 28.6. The number of para-hydroxylation sites is 2. The quantitative estimate of drug-likeness (QED) is 0.322. The zero-order chi connectivity index (χ0) is 19.3. The monoisotopic (exact) mass is 412 g/mol. The minimum Gasteiger partial charge on any atom is -0.333 e. The molecule has 0 unspecified atom stereocenters. The molecule has 0 bridgehead atoms. The summed E-state index contributed by atoms with van der Waals surface area (Å²) in [6.45, 7) is 4.33. The highest BCUT2D eigenvalue weighted by Crippen LogP contribution is 2.32. The topological polar surface area (TPSA) is 61.9 Å². The predicted molar refractivity (Wildman–Crippen MR) is 117 cm³/mol. The lowest BCUT2D eigenvalue weighted by atomic mass is 10.0. The lowest BCUT2D eigenvalue weighted by molar-refractivity contribution is -0.118. The van der Waals surface area contributed by atoms with Gasteiger partial charge in [0, 0.05) is 23.6 Å². The van der Waals surface area contributed by atoms with Gasteiger partial charge in [-0.3, -0.25) is 9.69 Å². The van der Waals surface area contributed by atoms with E-state index in [-0.39, 0.29) is 5.91 Å². The van der Waals surface area contributed by atoms with E-state index in [1.807, 2.05) is 24.3 Å². The van der Waals surface area contributed by atoms with Gasteiger partial charge in [-0.2, -0.15) is 0 Å². The Morgan fingerprint density at radius 2 is 2.14 bits per heavy atom. The van der Waals surface area contributed by atoms with Crippen LogP contribution in [0.4, 0.5) is 5.13 Å². The number of benzene rings is 1. The van der Waals surface area contributed by atoms with E-state index in [1.54, 1.807) is 34.1 Å². The number of aryl methyl sites for hydroxylation is 2. The molecule has 0 fully saturated rings. The predicted octanol–water partition coefficient (Wildman–Crippen LogP) is 4.99. The minimum atomic E-state index is 0.121. The first-order valence-electron chi connectivity index (χ1n) is 9.72. The summed E-state index contributed by atoms with van der Waals surface area (Å²) in [5, 5.41) is 1.74. The highest BCUT2D eigenvalue weighted by molar-refractivity contribution is 7.99. The normalized spacial score (nSPS) is 13.4. The van der Waals surface area contributed by atoms with Crippen molar-refractivity contribution in [2.45, 2.75) is 43.7 Å². The summed E-state index contributed by atoms with van der Waals surface area (Å²) < 4.78 is 0. The maximum absolute atomic E-state index is 12.8. The number of hydrogen-bond acceptors (Lipinski definition) is 5. The fourth-order valence-corrected chi connectivity index (χ4v) is 5.40. The van der Waals surface area contributed by atoms with Crippen molar-refractivity contribution in [1.82, 2.24) is 15.0 Å². The summed E-state index contributed by atoms with van der Waals surface area (Å²) in [5.41, 5.74) is 3.21. The lowest BCUT2D eigenvalue weighted by Crippen LogP contribution is -2.30. The Morgan fingerprint density at radius 1 is 1.29 bits per heavy atom. The zero-order valence-electron chi connectivity index (χ0n) is 15.8. The smallest absolute Gasteiger partial charge is 0.229 e. The van der Waals surface area contributed by atoms with Crippen molar-refractivity contribution < 1.29 is 4.79 Å². The Morgan fingerprint density at radius 3 is 2.96 bits per heavy atom. The van der Waals surface area contributed by atoms with Crippen molar-refractivity contribution >= 4 is 45.2 Å². The molecule has 2 heterocycles. The number of nitrogens with zero attached hydrogens (tertiary/aromatic N) is 3. The van der Waals surface area contributed by atoms with Crippen LogP contribution in [-0.4, -0.2) is 33.2 Å². The van der Waals surface area contributed by atoms with E-state index in [0.717, 1.165) is 46.3 Å². The molecule has 1 amide bonds. The van der Waals surface area contributed by atoms with Crippen LogP contribution in [0.2, 0.25) is 0 Å². The largest absolute Gasteiger partial charge is 0.333 e. The fraction of sp³-hybridized carbons (Fsp3) is 0.381. The number of H-pyrrole nitrogens is 1. The standard InChI is InChI=1S/C21H24N4OS2/c1-2-13-25(21-24-17-10-5-6-11-18(17)28-21)19(26)12-7-14-27-20-22-15-8-3-4-9-16(15)23-20/h2-4,8-9H,1,5-7,10-14H2,(H,22,23). The van der Waals surface area contributed by atoms with Crippen molar-refractivity contribution in [2.24, 2.45) is 0 Å². The van der Waals surface area contributed by atoms with Crippen LogP contribution in [-0.2, 0) is 17.6 Å². The Hall–Kier alpha value is -2.12. The van der Waals surface area contributed by atoms with Crippen LogP contribution >= 0.6 is 23.1 Å². The second-order valence-corrected chi connectivity index (χ2v) is 9.02. The molecule has 1 aromatic carbocycles. The van der Waals surface area contributed by atoms with Gasteiger partial charge in [0.2, 0.25) is 5.91 Å². The molecule has 0 spiro atoms. The molecule has 0 saturated heterocycles. The molecule has 7 heteroatoms. The number of thiazole rings is 1. The van der Waals surface area contributed by atoms with E-state index in [0.29, 0.717) is 13.0 Å². The average molecular weight is 413 g/mol. The molecule has 0 atom stereocenters. The maximum atomic E-state index is 12.8. The molecule has 1 N–H and O–H groups in total. The van der Waals surface area contributed by atoms with E-state index < -0.39 is 0 Å². The molecule has 146 valence electrons. The highest BCUT2D eigenvalue weighted by atomic mass is 32.2. The molecule has 5 nitrogen and oxygen atoms in total. The summed E-state index contributed by atoms with van der Waals surface area (Å²) in [5.74, 6) is 0.971. The number of carbonyl (C=O) groups is 1. The number of fused-ring (bicyclic) bond motifs is 2. The van der Waals surface area contributed by atoms with E-state index in [9.17, 15) is 4.79 Å². The van der Waals surface area contributed by atoms with Crippen LogP contribution in [0.1, 0.15) is 36.3 Å². The number of nitrogens with one attached hydrogen (secondary N) is 1. The summed E-state index contributed by atoms with van der Waals surface area (Å²) >= 11 is 3.34. The molecule has 2 aromatic heterocycles. The fourth-order valence-electron chi connectivity index (χ4n) is 3.39. The number of rotatable bonds is 8. The number of aromatic nitrogens is 3. The van der Waals surface area contributed by atoms with Gasteiger partial charge in [0.05, 0.1) is 16.7 Å². The Labute approximate surface area is 173 Å². The summed E-state index contributed by atoms with van der Waals surface area (Å²) in [6, 6.07) is 8.01. The third-order valence-corrected chi connectivity index (χ3v) is 6.96. The van der Waals surface area contributed by atoms with Crippen LogP contribution in [0, 0.1) is 0 Å². The molecule has 1 aliphatic carbocycles. The molecule has 4 rings (SSSR count). The maximum Gasteiger partial charge on any atom is 0.229 e. The van der Waals surface area contributed by atoms with Crippen molar-refractivity contribution in [2.75, 3.05) is 17.2 Å². The van der Waals surface area contributed by atoms with Gasteiger partial charge in [0.25, 0.3) is 0 Å². The molecular formula is C21H24N4OS2. The number of imidazole rings is 1. The van der Waals surface area contributed by atoms with Crippen molar-refractivity contribution in [1.29, 1.82) is 0 Å². The van der Waals surface area contributed by atoms with Gasteiger partial charge in [-0.05, 0) is 44.2 Å². The van der Waals surface area contributed by atoms with Crippen LogP contribution in [0.25, 0.3) is 11.0 Å². The number of carbonyl (C=O) groups excluding carboxylic acids is 1. The van der Waals surface area contributed by atoms with Gasteiger partial charge in [-0.25, -0.2) is 9.97 Å². The van der Waals surface area contributed by atoms with Crippen LogP contribution in [0.15, 0.2) is 42.1 Å². The molecule has 0 radical (unpaired) electrons. The molecule has 1 aliphatic rings. The molecule has 3 aromatic rings. The SMILES string of the molecule is C=CCN(C(=O)CCCSc1nc2ccccc2[nH]1)c1nc2c(s1)CCCC2. The zero-order valence-corrected chi connectivity index (χ0v) is 17.5. The molecule has 0 saturated carbocycles. The van der Waals surface area contributed by atoms with Gasteiger partial charge in [-0.1, -0.05) is 30.0 Å². The van der Waals surface area contributed by atoms with Gasteiger partial charge in [0.1, 0.15) is 0 Å². The summed E-state index contributed by atoms with van der Waals surface area (Å²) in [7, 11) is 0. The average Bonchev–Trinajstić information content (AvgIpc) is 3.32. The first-order valence-corrected chi connectivity index (χ1v) is 11.5. The number of hydrogen-bond donors (Lipinski definition) is 1. The third kappa shape index (κ3) is 4.31. The molecule has 0 aliphatic heterocycles. The second kappa shape index (κ2) is 8.92. The number of thioether (sulfide) groups is 1. The van der Waals surface area contributed by atoms with Crippen LogP contribution < -0.4 is 4.90 Å². The molecule has 28 heavy (non-hydrogen) atoms. The van der Waals surface area contributed by atoms with E-state index >= 15 is 0 Å². The Balaban J connectivity index is 1.33. The molecular weight excluding hydrogens is 388 g/mol. The minimum absolute atomic E-state index is 0.121. The third-order valence-electron chi connectivity index (χ3n) is 4.82. The number of aromatic amines is 1. The van der Waals surface area contributed by atoms with E-state index in [4.69, 9.17) is 4.98 Å². The van der Waals surface area contributed by atoms with Crippen molar-refractivity contribution in [3.05, 3.63) is 47.5 Å². The van der Waals surface area contributed by atoms with Crippen LogP contribution in [0.3, 0.4) is 0 Å². The van der Waals surface area contributed by atoms with Gasteiger partial charge in [0.15, 0.2) is 10.3 Å². The Kier molecular flexibility index (Phi) is 6.12. The lowest BCUT2D eigenvalue weighted by Gasteiger charge is -2.17. The van der Waals surface area contributed by atoms with Crippen molar-refractivity contribution in [3.8, 4) is 0 Å². The van der Waals surface area contributed by atoms with Gasteiger partial charge < -0.3 is 4.98 Å². The highest BCUT2D eigenvalue weighted by Gasteiger charge is 2.22. The second-order valence-electron chi connectivity index (χ2n) is 6.88. The number of amides is 1. The van der Waals surface area contributed by atoms with Gasteiger partial charge >= 0.3 is 0 Å². The van der Waals surface area contributed by atoms with E-state index in [2.05, 4.69) is 16.5 Å². The van der Waals surface area contributed by atoms with Crippen LogP contribution in [0.5, 0.6) is 0 Å². The Bertz CT molecular complexity index is 921. The first kappa shape index (κ1) is 19.2.